The number of aromatic nitrogens is 4. The molecule has 0 aliphatic carbocycles. The van der Waals surface area contributed by atoms with Gasteiger partial charge in [0.2, 0.25) is 0 Å². The van der Waals surface area contributed by atoms with Gasteiger partial charge in [-0.15, -0.1) is 11.3 Å². The van der Waals surface area contributed by atoms with Gasteiger partial charge in [0.25, 0.3) is 5.91 Å². The maximum absolute atomic E-state index is 13.2. The molecule has 0 radical (unpaired) electrons. The minimum Gasteiger partial charge on any atom is -0.343 e. The van der Waals surface area contributed by atoms with Crippen molar-refractivity contribution in [1.29, 1.82) is 0 Å². The molecule has 0 fully saturated rings. The Hall–Kier alpha value is -2.61. The Kier molecular flexibility index (Phi) is 4.42. The molecule has 3 rings (SSSR count). The molecule has 2 aromatic heterocycles. The average Bonchev–Trinajstić information content (AvgIpc) is 3.14. The van der Waals surface area contributed by atoms with Gasteiger partial charge in [-0.1, -0.05) is 12.1 Å². The molecule has 2 heterocycles. The van der Waals surface area contributed by atoms with Crippen LogP contribution in [0.15, 0.2) is 36.0 Å². The highest BCUT2D eigenvalue weighted by molar-refractivity contribution is 7.09. The maximum Gasteiger partial charge on any atom is 0.271 e. The number of nitrogens with zero attached hydrogens (tertiary/aromatic N) is 4. The van der Waals surface area contributed by atoms with E-state index in [1.807, 2.05) is 6.07 Å². The molecule has 0 unspecified atom stereocenters. The predicted octanol–water partition coefficient (Wildman–Crippen LogP) is 1.93. The summed E-state index contributed by atoms with van der Waals surface area (Å²) in [5.74, 6) is -0.0184. The van der Waals surface area contributed by atoms with Gasteiger partial charge in [-0.05, 0) is 17.7 Å². The predicted molar refractivity (Wildman–Crippen MR) is 83.5 cm³/mol. The zero-order valence-electron chi connectivity index (χ0n) is 12.4. The second-order valence-electron chi connectivity index (χ2n) is 4.95. The van der Waals surface area contributed by atoms with E-state index in [-0.39, 0.29) is 18.3 Å². The van der Waals surface area contributed by atoms with Gasteiger partial charge in [-0.3, -0.25) is 9.48 Å². The Balaban J connectivity index is 1.60. The summed E-state index contributed by atoms with van der Waals surface area (Å²) in [4.78, 5) is 20.4. The molecule has 23 heavy (non-hydrogen) atoms. The van der Waals surface area contributed by atoms with Gasteiger partial charge >= 0.3 is 0 Å². The maximum atomic E-state index is 13.2. The Morgan fingerprint density at radius 3 is 3.04 bits per heavy atom. The minimum atomic E-state index is -0.279. The van der Waals surface area contributed by atoms with Crippen LogP contribution in [0.25, 0.3) is 0 Å². The van der Waals surface area contributed by atoms with Crippen molar-refractivity contribution >= 4 is 17.2 Å². The largest absolute Gasteiger partial charge is 0.343 e. The van der Waals surface area contributed by atoms with E-state index in [0.29, 0.717) is 17.9 Å². The SMILES string of the molecule is Cn1cnc(CNC(=O)c2csc(Cc3cccc(F)c3)n2)n1. The Morgan fingerprint density at radius 2 is 2.30 bits per heavy atom. The summed E-state index contributed by atoms with van der Waals surface area (Å²) in [6.07, 6.45) is 2.07. The number of hydrogen-bond acceptors (Lipinski definition) is 5. The summed E-state index contributed by atoms with van der Waals surface area (Å²) in [7, 11) is 1.76. The minimum absolute atomic E-state index is 0.246. The second-order valence-corrected chi connectivity index (χ2v) is 5.89. The van der Waals surface area contributed by atoms with Crippen LogP contribution in [0.3, 0.4) is 0 Å². The normalized spacial score (nSPS) is 10.7. The van der Waals surface area contributed by atoms with E-state index >= 15 is 0 Å². The van der Waals surface area contributed by atoms with Crippen molar-refractivity contribution in [3.63, 3.8) is 0 Å². The molecule has 0 aliphatic heterocycles. The fourth-order valence-electron chi connectivity index (χ4n) is 2.03. The van der Waals surface area contributed by atoms with Gasteiger partial charge < -0.3 is 5.32 Å². The number of carbonyl (C=O) groups excluding carboxylic acids is 1. The molecular weight excluding hydrogens is 317 g/mol. The zero-order chi connectivity index (χ0) is 16.2. The van der Waals surface area contributed by atoms with Crippen LogP contribution in [-0.2, 0) is 20.0 Å². The monoisotopic (exact) mass is 331 g/mol. The number of aryl methyl sites for hydroxylation is 1. The van der Waals surface area contributed by atoms with Crippen molar-refractivity contribution in [3.8, 4) is 0 Å². The van der Waals surface area contributed by atoms with Gasteiger partial charge in [0.05, 0.1) is 11.6 Å². The first kappa shape index (κ1) is 15.3. The summed E-state index contributed by atoms with van der Waals surface area (Å²) in [5, 5.41) is 9.26. The van der Waals surface area contributed by atoms with Gasteiger partial charge in [-0.25, -0.2) is 14.4 Å². The molecule has 3 aromatic rings. The summed E-state index contributed by atoms with van der Waals surface area (Å²) in [5.41, 5.74) is 1.17. The number of hydrogen-bond donors (Lipinski definition) is 1. The number of rotatable bonds is 5. The lowest BCUT2D eigenvalue weighted by atomic mass is 10.1. The van der Waals surface area contributed by atoms with Crippen molar-refractivity contribution < 1.29 is 9.18 Å². The number of thiazole rings is 1. The second kappa shape index (κ2) is 6.66. The molecule has 1 amide bonds. The smallest absolute Gasteiger partial charge is 0.271 e. The molecule has 0 saturated heterocycles. The van der Waals surface area contributed by atoms with Crippen molar-refractivity contribution in [2.24, 2.45) is 7.05 Å². The van der Waals surface area contributed by atoms with Crippen LogP contribution in [0.4, 0.5) is 4.39 Å². The molecule has 8 heteroatoms. The summed E-state index contributed by atoms with van der Waals surface area (Å²) in [6.45, 7) is 0.246. The van der Waals surface area contributed by atoms with Crippen molar-refractivity contribution in [3.05, 3.63) is 63.9 Å². The molecule has 118 valence electrons. The van der Waals surface area contributed by atoms with E-state index in [4.69, 9.17) is 0 Å². The highest BCUT2D eigenvalue weighted by Gasteiger charge is 2.12. The van der Waals surface area contributed by atoms with E-state index in [1.165, 1.54) is 23.5 Å². The van der Waals surface area contributed by atoms with Gasteiger partial charge in [0, 0.05) is 18.8 Å². The first-order valence-corrected chi connectivity index (χ1v) is 7.79. The van der Waals surface area contributed by atoms with Crippen LogP contribution in [0.2, 0.25) is 0 Å². The summed E-state index contributed by atoms with van der Waals surface area (Å²) >= 11 is 1.37. The van der Waals surface area contributed by atoms with Crippen LogP contribution in [0, 0.1) is 5.82 Å². The lowest BCUT2D eigenvalue weighted by molar-refractivity contribution is 0.0945. The third-order valence-electron chi connectivity index (χ3n) is 3.08. The summed E-state index contributed by atoms with van der Waals surface area (Å²) in [6, 6.07) is 6.35. The third-order valence-corrected chi connectivity index (χ3v) is 3.93. The molecule has 6 nitrogen and oxygen atoms in total. The van der Waals surface area contributed by atoms with Crippen LogP contribution in [0.1, 0.15) is 26.9 Å². The lowest BCUT2D eigenvalue weighted by Gasteiger charge is -2.00. The molecule has 0 spiro atoms. The summed E-state index contributed by atoms with van der Waals surface area (Å²) < 4.78 is 14.7. The molecule has 0 aliphatic rings. The quantitative estimate of drug-likeness (QED) is 0.775. The van der Waals surface area contributed by atoms with E-state index in [0.717, 1.165) is 10.6 Å². The first-order chi connectivity index (χ1) is 11.1. The standard InChI is InChI=1S/C15H14FN5OS/c1-21-9-18-13(20-21)7-17-15(22)12-8-23-14(19-12)6-10-3-2-4-11(16)5-10/h2-5,8-9H,6-7H2,1H3,(H,17,22). The molecule has 0 bridgehead atoms. The molecule has 1 aromatic carbocycles. The number of benzene rings is 1. The van der Waals surface area contributed by atoms with E-state index in [2.05, 4.69) is 20.4 Å². The Bertz CT molecular complexity index is 829. The lowest BCUT2D eigenvalue weighted by Crippen LogP contribution is -2.23. The Morgan fingerprint density at radius 1 is 1.43 bits per heavy atom. The van der Waals surface area contributed by atoms with Crippen LogP contribution in [-0.4, -0.2) is 25.7 Å². The fourth-order valence-corrected chi connectivity index (χ4v) is 2.84. The van der Waals surface area contributed by atoms with E-state index in [9.17, 15) is 9.18 Å². The first-order valence-electron chi connectivity index (χ1n) is 6.92. The van der Waals surface area contributed by atoms with Crippen LogP contribution in [0.5, 0.6) is 0 Å². The number of carbonyl (C=O) groups is 1. The molecular formula is C15H14FN5OS. The highest BCUT2D eigenvalue weighted by atomic mass is 32.1. The van der Waals surface area contributed by atoms with Crippen LogP contribution >= 0.6 is 11.3 Å². The van der Waals surface area contributed by atoms with Crippen molar-refractivity contribution in [2.75, 3.05) is 0 Å². The van der Waals surface area contributed by atoms with Gasteiger partial charge in [0.1, 0.15) is 17.8 Å². The third kappa shape index (κ3) is 3.98. The molecule has 0 saturated carbocycles. The highest BCUT2D eigenvalue weighted by Crippen LogP contribution is 2.15. The number of nitrogens with one attached hydrogen (secondary N) is 1. The molecule has 1 N–H and O–H groups in total. The number of halogens is 1. The van der Waals surface area contributed by atoms with Gasteiger partial charge in [-0.2, -0.15) is 5.10 Å². The van der Waals surface area contributed by atoms with E-state index in [1.54, 1.807) is 29.5 Å². The topological polar surface area (TPSA) is 72.7 Å². The van der Waals surface area contributed by atoms with Crippen molar-refractivity contribution in [1.82, 2.24) is 25.1 Å². The Labute approximate surface area is 136 Å². The van der Waals surface area contributed by atoms with Crippen molar-refractivity contribution in [2.45, 2.75) is 13.0 Å². The average molecular weight is 331 g/mol. The van der Waals surface area contributed by atoms with E-state index < -0.39 is 0 Å². The molecule has 0 atom stereocenters. The zero-order valence-corrected chi connectivity index (χ0v) is 13.2. The van der Waals surface area contributed by atoms with Crippen LogP contribution < -0.4 is 5.32 Å². The number of amides is 1. The van der Waals surface area contributed by atoms with Gasteiger partial charge in [0.15, 0.2) is 5.82 Å². The fraction of sp³-hybridized carbons (Fsp3) is 0.200.